The summed E-state index contributed by atoms with van der Waals surface area (Å²) in [5.74, 6) is 1.12. The Morgan fingerprint density at radius 3 is 2.55 bits per heavy atom. The van der Waals surface area contributed by atoms with Crippen LogP contribution in [-0.4, -0.2) is 20.0 Å². The van der Waals surface area contributed by atoms with Gasteiger partial charge in [-0.05, 0) is 30.5 Å². The van der Waals surface area contributed by atoms with Crippen molar-refractivity contribution in [3.8, 4) is 11.5 Å². The third-order valence-corrected chi connectivity index (χ3v) is 3.06. The number of para-hydroxylation sites is 1. The first-order chi connectivity index (χ1) is 9.85. The van der Waals surface area contributed by atoms with Crippen molar-refractivity contribution in [1.29, 1.82) is 0 Å². The van der Waals surface area contributed by atoms with Gasteiger partial charge in [0.25, 0.3) is 0 Å². The second-order valence-electron chi connectivity index (χ2n) is 4.43. The van der Waals surface area contributed by atoms with Gasteiger partial charge in [-0.25, -0.2) is 0 Å². The molecule has 2 rings (SSSR count). The summed E-state index contributed by atoms with van der Waals surface area (Å²) in [5.41, 5.74) is 1.80. The Morgan fingerprint density at radius 1 is 1.05 bits per heavy atom. The van der Waals surface area contributed by atoms with E-state index in [0.717, 1.165) is 19.1 Å². The summed E-state index contributed by atoms with van der Waals surface area (Å²) in [6.45, 7) is 0.552. The molecular formula is C17H18O3. The van der Waals surface area contributed by atoms with Crippen molar-refractivity contribution in [2.75, 3.05) is 13.7 Å². The molecule has 2 aromatic rings. The number of methoxy groups -OCH3 is 1. The molecule has 0 atom stereocenters. The second-order valence-corrected chi connectivity index (χ2v) is 4.43. The zero-order valence-corrected chi connectivity index (χ0v) is 11.5. The van der Waals surface area contributed by atoms with E-state index in [2.05, 4.69) is 12.1 Å². The fourth-order valence-corrected chi connectivity index (χ4v) is 2.04. The number of hydrogen-bond donors (Lipinski definition) is 0. The van der Waals surface area contributed by atoms with Crippen LogP contribution in [0.5, 0.6) is 11.5 Å². The van der Waals surface area contributed by atoms with E-state index in [9.17, 15) is 4.79 Å². The minimum atomic E-state index is 0.518. The molecule has 0 heterocycles. The molecule has 0 aliphatic rings. The summed E-state index contributed by atoms with van der Waals surface area (Å²) < 4.78 is 10.9. The first-order valence-electron chi connectivity index (χ1n) is 6.64. The molecule has 3 heteroatoms. The molecule has 20 heavy (non-hydrogen) atoms. The van der Waals surface area contributed by atoms with Gasteiger partial charge in [-0.15, -0.1) is 0 Å². The maximum absolute atomic E-state index is 11.0. The van der Waals surface area contributed by atoms with Crippen LogP contribution in [-0.2, 0) is 6.42 Å². The fourth-order valence-electron chi connectivity index (χ4n) is 2.04. The van der Waals surface area contributed by atoms with E-state index in [1.807, 2.05) is 18.2 Å². The van der Waals surface area contributed by atoms with Gasteiger partial charge in [0, 0.05) is 0 Å². The van der Waals surface area contributed by atoms with Gasteiger partial charge in [0.1, 0.15) is 0 Å². The molecule has 0 saturated heterocycles. The monoisotopic (exact) mass is 270 g/mol. The smallest absolute Gasteiger partial charge is 0.171 e. The number of hydrogen-bond acceptors (Lipinski definition) is 3. The Balaban J connectivity index is 1.92. The zero-order chi connectivity index (χ0) is 14.2. The van der Waals surface area contributed by atoms with Crippen molar-refractivity contribution in [3.05, 3.63) is 59.7 Å². The van der Waals surface area contributed by atoms with Crippen LogP contribution in [0.4, 0.5) is 0 Å². The summed E-state index contributed by atoms with van der Waals surface area (Å²) in [4.78, 5) is 11.0. The third kappa shape index (κ3) is 3.60. The summed E-state index contributed by atoms with van der Waals surface area (Å²) in [5, 5.41) is 0. The van der Waals surface area contributed by atoms with Gasteiger partial charge in [-0.1, -0.05) is 36.4 Å². The molecule has 0 N–H and O–H groups in total. The van der Waals surface area contributed by atoms with E-state index in [1.165, 1.54) is 5.56 Å². The predicted octanol–water partition coefficient (Wildman–Crippen LogP) is 3.52. The number of aldehydes is 1. The zero-order valence-electron chi connectivity index (χ0n) is 11.5. The molecule has 0 unspecified atom stereocenters. The van der Waals surface area contributed by atoms with Crippen molar-refractivity contribution in [2.24, 2.45) is 0 Å². The van der Waals surface area contributed by atoms with Gasteiger partial charge in [-0.3, -0.25) is 4.79 Å². The molecule has 0 aromatic heterocycles. The quantitative estimate of drug-likeness (QED) is 0.570. The van der Waals surface area contributed by atoms with E-state index in [4.69, 9.17) is 9.47 Å². The van der Waals surface area contributed by atoms with Crippen LogP contribution in [0.1, 0.15) is 22.3 Å². The number of carbonyl (C=O) groups excluding carboxylic acids is 1. The highest BCUT2D eigenvalue weighted by Crippen LogP contribution is 2.30. The predicted molar refractivity (Wildman–Crippen MR) is 78.6 cm³/mol. The van der Waals surface area contributed by atoms with Crippen molar-refractivity contribution in [3.63, 3.8) is 0 Å². The van der Waals surface area contributed by atoms with Crippen LogP contribution in [0, 0.1) is 0 Å². The van der Waals surface area contributed by atoms with E-state index >= 15 is 0 Å². The minimum absolute atomic E-state index is 0.518. The average Bonchev–Trinajstić information content (AvgIpc) is 2.52. The highest BCUT2D eigenvalue weighted by atomic mass is 16.5. The van der Waals surface area contributed by atoms with Crippen LogP contribution in [0.25, 0.3) is 0 Å². The Hall–Kier alpha value is -2.29. The van der Waals surface area contributed by atoms with Gasteiger partial charge < -0.3 is 9.47 Å². The molecule has 104 valence electrons. The summed E-state index contributed by atoms with van der Waals surface area (Å²) in [7, 11) is 1.57. The molecule has 2 aromatic carbocycles. The molecule has 0 radical (unpaired) electrons. The molecule has 0 spiro atoms. The molecule has 0 aliphatic carbocycles. The lowest BCUT2D eigenvalue weighted by atomic mass is 10.1. The van der Waals surface area contributed by atoms with Crippen LogP contribution < -0.4 is 9.47 Å². The summed E-state index contributed by atoms with van der Waals surface area (Å²) in [6, 6.07) is 15.5. The Kier molecular flexibility index (Phi) is 5.18. The lowest BCUT2D eigenvalue weighted by Crippen LogP contribution is -2.03. The normalized spacial score (nSPS) is 10.1. The van der Waals surface area contributed by atoms with E-state index in [1.54, 1.807) is 25.3 Å². The molecule has 0 bridgehead atoms. The number of ether oxygens (including phenoxy) is 2. The van der Waals surface area contributed by atoms with Crippen molar-refractivity contribution < 1.29 is 14.3 Å². The lowest BCUT2D eigenvalue weighted by Gasteiger charge is -2.12. The molecule has 0 fully saturated rings. The standard InChI is InChI=1S/C17H18O3/c1-19-16-11-5-10-15(13-18)17(16)20-12-6-9-14-7-3-2-4-8-14/h2-5,7-8,10-11,13H,6,9,12H2,1H3. The third-order valence-electron chi connectivity index (χ3n) is 3.06. The first kappa shape index (κ1) is 14.1. The van der Waals surface area contributed by atoms with E-state index in [0.29, 0.717) is 23.7 Å². The summed E-state index contributed by atoms with van der Waals surface area (Å²) in [6.07, 6.45) is 2.63. The number of benzene rings is 2. The maximum atomic E-state index is 11.0. The van der Waals surface area contributed by atoms with E-state index < -0.39 is 0 Å². The SMILES string of the molecule is COc1cccc(C=O)c1OCCCc1ccccc1. The second kappa shape index (κ2) is 7.34. The fraction of sp³-hybridized carbons (Fsp3) is 0.235. The van der Waals surface area contributed by atoms with Gasteiger partial charge in [0.05, 0.1) is 19.3 Å². The highest BCUT2D eigenvalue weighted by molar-refractivity contribution is 5.81. The van der Waals surface area contributed by atoms with Crippen LogP contribution in [0.15, 0.2) is 48.5 Å². The van der Waals surface area contributed by atoms with Crippen molar-refractivity contribution >= 4 is 6.29 Å². The number of rotatable bonds is 7. The van der Waals surface area contributed by atoms with Gasteiger partial charge in [0.15, 0.2) is 17.8 Å². The van der Waals surface area contributed by atoms with Crippen LogP contribution >= 0.6 is 0 Å². The maximum Gasteiger partial charge on any atom is 0.171 e. The Bertz CT molecular complexity index is 549. The molecule has 0 amide bonds. The van der Waals surface area contributed by atoms with Crippen molar-refractivity contribution in [1.82, 2.24) is 0 Å². The van der Waals surface area contributed by atoms with Crippen molar-refractivity contribution in [2.45, 2.75) is 12.8 Å². The van der Waals surface area contributed by atoms with Crippen LogP contribution in [0.2, 0.25) is 0 Å². The Labute approximate surface area is 119 Å². The number of aryl methyl sites for hydroxylation is 1. The topological polar surface area (TPSA) is 35.5 Å². The molecule has 3 nitrogen and oxygen atoms in total. The minimum Gasteiger partial charge on any atom is -0.493 e. The van der Waals surface area contributed by atoms with E-state index in [-0.39, 0.29) is 0 Å². The highest BCUT2D eigenvalue weighted by Gasteiger charge is 2.09. The Morgan fingerprint density at radius 2 is 1.85 bits per heavy atom. The summed E-state index contributed by atoms with van der Waals surface area (Å²) >= 11 is 0. The van der Waals surface area contributed by atoms with Crippen LogP contribution in [0.3, 0.4) is 0 Å². The van der Waals surface area contributed by atoms with Gasteiger partial charge in [-0.2, -0.15) is 0 Å². The van der Waals surface area contributed by atoms with Gasteiger partial charge >= 0.3 is 0 Å². The molecule has 0 saturated carbocycles. The lowest BCUT2D eigenvalue weighted by molar-refractivity contribution is 0.111. The number of carbonyl (C=O) groups is 1. The first-order valence-corrected chi connectivity index (χ1v) is 6.64. The average molecular weight is 270 g/mol. The largest absolute Gasteiger partial charge is 0.493 e. The molecular weight excluding hydrogens is 252 g/mol. The molecule has 0 aliphatic heterocycles. The van der Waals surface area contributed by atoms with Gasteiger partial charge in [0.2, 0.25) is 0 Å².